The first-order chi connectivity index (χ1) is 23.3. The number of ether oxygens (including phenoxy) is 1. The van der Waals surface area contributed by atoms with Crippen LogP contribution in [0.15, 0.2) is 30.7 Å². The van der Waals surface area contributed by atoms with Gasteiger partial charge in [-0.15, -0.1) is 12.4 Å². The molecule has 15 heteroatoms. The quantitative estimate of drug-likeness (QED) is 0.378. The van der Waals surface area contributed by atoms with Gasteiger partial charge in [0, 0.05) is 69.4 Å². The van der Waals surface area contributed by atoms with Gasteiger partial charge in [-0.3, -0.25) is 4.79 Å². The zero-order chi connectivity index (χ0) is 34.9. The molecule has 4 aliphatic rings. The molecule has 1 aromatic heterocycles. The Bertz CT molecular complexity index is 1570. The van der Waals surface area contributed by atoms with Crippen LogP contribution in [-0.2, 0) is 10.2 Å². The van der Waals surface area contributed by atoms with Crippen molar-refractivity contribution in [1.29, 1.82) is 0 Å². The molecule has 4 fully saturated rings. The van der Waals surface area contributed by atoms with Gasteiger partial charge in [-0.1, -0.05) is 0 Å². The molecule has 4 aliphatic heterocycles. The number of hydrogen-bond donors (Lipinski definition) is 1. The monoisotopic (exact) mass is 736 g/mol. The van der Waals surface area contributed by atoms with Crippen molar-refractivity contribution >= 4 is 34.3 Å². The fraction of sp³-hybridized carbons (Fsp3) is 0.686. The van der Waals surface area contributed by atoms with E-state index in [0.717, 1.165) is 71.2 Å². The summed E-state index contributed by atoms with van der Waals surface area (Å²) in [6.07, 6.45) is 8.77. The van der Waals surface area contributed by atoms with Crippen molar-refractivity contribution in [2.75, 3.05) is 63.8 Å². The highest BCUT2D eigenvalue weighted by atomic mass is 35.5. The molecule has 0 bridgehead atoms. The summed E-state index contributed by atoms with van der Waals surface area (Å²) in [5.41, 5.74) is 6.43. The predicted octanol–water partition coefficient (Wildman–Crippen LogP) is 4.37. The second kappa shape index (κ2) is 16.0. The Morgan fingerprint density at radius 3 is 2.34 bits per heavy atom. The highest BCUT2D eigenvalue weighted by Gasteiger charge is 2.46. The Morgan fingerprint density at radius 1 is 1.02 bits per heavy atom. The maximum absolute atomic E-state index is 14.4. The zero-order valence-electron chi connectivity index (χ0n) is 29.8. The summed E-state index contributed by atoms with van der Waals surface area (Å²) in [4.78, 5) is 28.8. The average Bonchev–Trinajstić information content (AvgIpc) is 3.05. The number of amides is 1. The summed E-state index contributed by atoms with van der Waals surface area (Å²) in [5, 5.41) is 0. The number of halogens is 2. The molecule has 1 spiro atoms. The molecule has 50 heavy (non-hydrogen) atoms. The third-order valence-corrected chi connectivity index (χ3v) is 12.8. The minimum Gasteiger partial charge on any atom is -0.451 e. The van der Waals surface area contributed by atoms with Crippen molar-refractivity contribution < 1.29 is 22.3 Å². The highest BCUT2D eigenvalue weighted by Crippen LogP contribution is 2.45. The van der Waals surface area contributed by atoms with Gasteiger partial charge in [-0.05, 0) is 103 Å². The molecule has 0 unspecified atom stereocenters. The first-order valence-corrected chi connectivity index (χ1v) is 19.3. The number of nitrogens with zero attached hydrogens (tertiary/aromatic N) is 7. The molecular weight excluding hydrogens is 683 g/mol. The fourth-order valence-electron chi connectivity index (χ4n) is 8.17. The zero-order valence-corrected chi connectivity index (χ0v) is 31.5. The standard InChI is InChI=1S/C35H53FN8O4S.ClH/c1-25(2)44(26(3)4)34(45)30-18-28(36)7-8-31(30)48-32-19-38-24-39-33(32)41-22-35(23-41)11-16-40(17-12-35)20-27-9-14-42(15-10-27)49(46,47)43-13-5-6-29(37)21-43;/h7-8,18-19,24-27,29H,5-6,9-17,20-23,37H2,1-4H3;1H/t29-;/m1./s1. The summed E-state index contributed by atoms with van der Waals surface area (Å²) in [7, 11) is -3.43. The van der Waals surface area contributed by atoms with E-state index in [1.807, 2.05) is 27.7 Å². The number of carbonyl (C=O) groups excluding carboxylic acids is 1. The molecular formula is C35H54ClFN8O4S. The molecule has 5 heterocycles. The Labute approximate surface area is 303 Å². The number of hydrogen-bond acceptors (Lipinski definition) is 9. The minimum atomic E-state index is -3.43. The number of benzene rings is 1. The van der Waals surface area contributed by atoms with E-state index in [4.69, 9.17) is 10.5 Å². The molecule has 1 atom stereocenters. The van der Waals surface area contributed by atoms with Crippen LogP contribution in [-0.4, -0.2) is 120 Å². The van der Waals surface area contributed by atoms with Crippen molar-refractivity contribution in [3.05, 3.63) is 42.1 Å². The lowest BCUT2D eigenvalue weighted by atomic mass is 9.72. The topological polar surface area (TPSA) is 128 Å². The van der Waals surface area contributed by atoms with Crippen molar-refractivity contribution in [3.63, 3.8) is 0 Å². The Morgan fingerprint density at radius 2 is 1.70 bits per heavy atom. The van der Waals surface area contributed by atoms with Gasteiger partial charge in [0.25, 0.3) is 16.1 Å². The molecule has 4 saturated heterocycles. The highest BCUT2D eigenvalue weighted by molar-refractivity contribution is 7.86. The molecule has 1 amide bonds. The number of carbonyl (C=O) groups is 1. The normalized spacial score (nSPS) is 22.4. The molecule has 1 aromatic carbocycles. The first-order valence-electron chi connectivity index (χ1n) is 17.9. The largest absolute Gasteiger partial charge is 0.451 e. The Hall–Kier alpha value is -2.62. The Kier molecular flexibility index (Phi) is 12.3. The number of likely N-dealkylation sites (tertiary alicyclic amines) is 1. The molecule has 278 valence electrons. The lowest BCUT2D eigenvalue weighted by Gasteiger charge is -2.54. The van der Waals surface area contributed by atoms with E-state index in [1.54, 1.807) is 19.7 Å². The van der Waals surface area contributed by atoms with Gasteiger partial charge < -0.3 is 25.2 Å². The van der Waals surface area contributed by atoms with Crippen LogP contribution in [0.3, 0.4) is 0 Å². The van der Waals surface area contributed by atoms with E-state index >= 15 is 0 Å². The van der Waals surface area contributed by atoms with Gasteiger partial charge in [0.05, 0.1) is 11.8 Å². The summed E-state index contributed by atoms with van der Waals surface area (Å²) in [5.74, 6) is 1.10. The number of aromatic nitrogens is 2. The second-order valence-corrected chi connectivity index (χ2v) is 17.0. The summed E-state index contributed by atoms with van der Waals surface area (Å²) < 4.78 is 50.3. The number of anilines is 1. The van der Waals surface area contributed by atoms with Crippen LogP contribution in [0.1, 0.15) is 76.6 Å². The fourth-order valence-corrected chi connectivity index (χ4v) is 9.91. The molecule has 2 N–H and O–H groups in total. The summed E-state index contributed by atoms with van der Waals surface area (Å²) in [6, 6.07) is 3.84. The second-order valence-electron chi connectivity index (χ2n) is 15.1. The molecule has 0 aliphatic carbocycles. The van der Waals surface area contributed by atoms with Crippen molar-refractivity contribution in [1.82, 2.24) is 28.4 Å². The molecule has 6 rings (SSSR count). The van der Waals surface area contributed by atoms with Gasteiger partial charge in [-0.25, -0.2) is 14.4 Å². The Balaban J connectivity index is 0.00000486. The number of piperidine rings is 3. The van der Waals surface area contributed by atoms with E-state index in [1.165, 1.54) is 24.5 Å². The SMILES string of the molecule is CC(C)N(C(=O)c1cc(F)ccc1Oc1cncnc1N1CC2(CCN(CC3CCN(S(=O)(=O)N4CCC[C@@H](N)C4)CC3)CC2)C1)C(C)C.Cl. The third kappa shape index (κ3) is 8.36. The van der Waals surface area contributed by atoms with Gasteiger partial charge in [0.1, 0.15) is 17.9 Å². The van der Waals surface area contributed by atoms with Crippen LogP contribution in [0, 0.1) is 17.2 Å². The lowest BCUT2D eigenvalue weighted by molar-refractivity contribution is 0.0607. The van der Waals surface area contributed by atoms with E-state index in [9.17, 15) is 17.6 Å². The number of rotatable bonds is 10. The van der Waals surface area contributed by atoms with Crippen LogP contribution in [0.25, 0.3) is 0 Å². The summed E-state index contributed by atoms with van der Waals surface area (Å²) >= 11 is 0. The molecule has 0 radical (unpaired) electrons. The van der Waals surface area contributed by atoms with E-state index in [0.29, 0.717) is 43.7 Å². The van der Waals surface area contributed by atoms with Crippen LogP contribution >= 0.6 is 12.4 Å². The van der Waals surface area contributed by atoms with E-state index < -0.39 is 16.0 Å². The maximum Gasteiger partial charge on any atom is 0.282 e. The van der Waals surface area contributed by atoms with Crippen LogP contribution in [0.2, 0.25) is 0 Å². The van der Waals surface area contributed by atoms with Crippen molar-refractivity contribution in [3.8, 4) is 11.5 Å². The summed E-state index contributed by atoms with van der Waals surface area (Å²) in [6.45, 7) is 14.7. The van der Waals surface area contributed by atoms with E-state index in [2.05, 4.69) is 19.8 Å². The average molecular weight is 737 g/mol. The van der Waals surface area contributed by atoms with E-state index in [-0.39, 0.29) is 53.2 Å². The van der Waals surface area contributed by atoms with Crippen molar-refractivity contribution in [2.45, 2.75) is 84.3 Å². The molecule has 0 saturated carbocycles. The van der Waals surface area contributed by atoms with Crippen molar-refractivity contribution in [2.24, 2.45) is 17.1 Å². The predicted molar refractivity (Wildman–Crippen MR) is 195 cm³/mol. The van der Waals surface area contributed by atoms with Gasteiger partial charge in [0.2, 0.25) is 0 Å². The molecule has 2 aromatic rings. The van der Waals surface area contributed by atoms with Gasteiger partial charge in [0.15, 0.2) is 11.6 Å². The first kappa shape index (κ1) is 38.6. The minimum absolute atomic E-state index is 0. The molecule has 12 nitrogen and oxygen atoms in total. The van der Waals surface area contributed by atoms with Gasteiger partial charge >= 0.3 is 0 Å². The van der Waals surface area contributed by atoms with Gasteiger partial charge in [-0.2, -0.15) is 17.0 Å². The van der Waals surface area contributed by atoms with Crippen LogP contribution in [0.4, 0.5) is 10.2 Å². The number of nitrogens with two attached hydrogens (primary N) is 1. The third-order valence-electron chi connectivity index (χ3n) is 10.8. The maximum atomic E-state index is 14.4. The van der Waals surface area contributed by atoms with Crippen LogP contribution in [0.5, 0.6) is 11.5 Å². The smallest absolute Gasteiger partial charge is 0.282 e. The lowest BCUT2D eigenvalue weighted by Crippen LogP contribution is -2.61. The van der Waals surface area contributed by atoms with Crippen LogP contribution < -0.4 is 15.4 Å².